The molecule has 2 N–H and O–H groups in total. The predicted molar refractivity (Wildman–Crippen MR) is 91.9 cm³/mol. The summed E-state index contributed by atoms with van der Waals surface area (Å²) in [5.41, 5.74) is 1.02. The Morgan fingerprint density at radius 3 is 1.84 bits per heavy atom. The summed E-state index contributed by atoms with van der Waals surface area (Å²) in [7, 11) is 0. The molecule has 2 aromatic rings. The number of amides is 2. The maximum atomic E-state index is 12.4. The summed E-state index contributed by atoms with van der Waals surface area (Å²) >= 11 is 0. The van der Waals surface area contributed by atoms with Gasteiger partial charge in [-0.1, -0.05) is 36.4 Å². The van der Waals surface area contributed by atoms with Crippen molar-refractivity contribution in [3.05, 3.63) is 71.8 Å². The van der Waals surface area contributed by atoms with Crippen LogP contribution in [-0.2, 0) is 9.47 Å². The van der Waals surface area contributed by atoms with E-state index in [1.54, 1.807) is 48.5 Å². The minimum atomic E-state index is -0.774. The second-order valence-electron chi connectivity index (χ2n) is 5.80. The Hall–Kier alpha value is -2.70. The number of hydrogen-bond acceptors (Lipinski definition) is 4. The van der Waals surface area contributed by atoms with Gasteiger partial charge in [-0.3, -0.25) is 9.59 Å². The SMILES string of the molecule is CC1COC(NC(=O)c2ccccc2)C(NC(=O)c2ccccc2)O1. The lowest BCUT2D eigenvalue weighted by atomic mass is 10.2. The van der Waals surface area contributed by atoms with Gasteiger partial charge in [-0.25, -0.2) is 0 Å². The van der Waals surface area contributed by atoms with Gasteiger partial charge in [0.05, 0.1) is 12.7 Å². The summed E-state index contributed by atoms with van der Waals surface area (Å²) in [6.45, 7) is 2.17. The minimum Gasteiger partial charge on any atom is -0.351 e. The first-order chi connectivity index (χ1) is 12.1. The van der Waals surface area contributed by atoms with Crippen LogP contribution in [0, 0.1) is 0 Å². The van der Waals surface area contributed by atoms with Crippen molar-refractivity contribution in [2.75, 3.05) is 6.61 Å². The first kappa shape index (κ1) is 17.1. The molecule has 1 fully saturated rings. The van der Waals surface area contributed by atoms with E-state index in [-0.39, 0.29) is 17.9 Å². The van der Waals surface area contributed by atoms with Crippen molar-refractivity contribution in [1.82, 2.24) is 10.6 Å². The first-order valence-electron chi connectivity index (χ1n) is 8.12. The van der Waals surface area contributed by atoms with Crippen molar-refractivity contribution >= 4 is 11.8 Å². The summed E-state index contributed by atoms with van der Waals surface area (Å²) in [4.78, 5) is 24.7. The second kappa shape index (κ2) is 7.92. The molecule has 1 saturated heterocycles. The fourth-order valence-electron chi connectivity index (χ4n) is 2.52. The number of carbonyl (C=O) groups excluding carboxylic acids is 2. The topological polar surface area (TPSA) is 76.7 Å². The molecule has 0 radical (unpaired) electrons. The highest BCUT2D eigenvalue weighted by molar-refractivity contribution is 5.95. The van der Waals surface area contributed by atoms with Crippen molar-refractivity contribution in [2.24, 2.45) is 0 Å². The zero-order valence-corrected chi connectivity index (χ0v) is 13.8. The molecule has 130 valence electrons. The maximum absolute atomic E-state index is 12.4. The van der Waals surface area contributed by atoms with E-state index in [4.69, 9.17) is 9.47 Å². The monoisotopic (exact) mass is 340 g/mol. The molecule has 3 atom stereocenters. The lowest BCUT2D eigenvalue weighted by molar-refractivity contribution is -0.187. The summed E-state index contributed by atoms with van der Waals surface area (Å²) in [5, 5.41) is 5.53. The van der Waals surface area contributed by atoms with Gasteiger partial charge in [0.1, 0.15) is 0 Å². The van der Waals surface area contributed by atoms with Gasteiger partial charge >= 0.3 is 0 Å². The number of ether oxygens (including phenoxy) is 2. The second-order valence-corrected chi connectivity index (χ2v) is 5.80. The van der Waals surface area contributed by atoms with E-state index >= 15 is 0 Å². The summed E-state index contributed by atoms with van der Waals surface area (Å²) in [5.74, 6) is -0.579. The average molecular weight is 340 g/mol. The highest BCUT2D eigenvalue weighted by Crippen LogP contribution is 2.13. The van der Waals surface area contributed by atoms with Gasteiger partial charge in [0.15, 0.2) is 12.5 Å². The van der Waals surface area contributed by atoms with E-state index in [2.05, 4.69) is 10.6 Å². The highest BCUT2D eigenvalue weighted by Gasteiger charge is 2.33. The number of carbonyl (C=O) groups is 2. The van der Waals surface area contributed by atoms with Gasteiger partial charge in [-0.15, -0.1) is 0 Å². The van der Waals surface area contributed by atoms with E-state index in [0.717, 1.165) is 0 Å². The van der Waals surface area contributed by atoms with Crippen LogP contribution in [0.15, 0.2) is 60.7 Å². The molecular weight excluding hydrogens is 320 g/mol. The number of rotatable bonds is 4. The molecule has 0 bridgehead atoms. The van der Waals surface area contributed by atoms with Gasteiger partial charge in [0.25, 0.3) is 11.8 Å². The zero-order chi connectivity index (χ0) is 17.6. The van der Waals surface area contributed by atoms with Crippen LogP contribution in [0.2, 0.25) is 0 Å². The molecule has 1 aliphatic heterocycles. The number of benzene rings is 2. The molecule has 3 rings (SSSR count). The van der Waals surface area contributed by atoms with Crippen LogP contribution >= 0.6 is 0 Å². The molecule has 0 saturated carbocycles. The molecule has 0 aromatic heterocycles. The molecule has 1 aliphatic rings. The Kier molecular flexibility index (Phi) is 5.42. The molecule has 6 heteroatoms. The fourth-order valence-corrected chi connectivity index (χ4v) is 2.52. The predicted octanol–water partition coefficient (Wildman–Crippen LogP) is 1.93. The van der Waals surface area contributed by atoms with Crippen LogP contribution in [0.3, 0.4) is 0 Å². The highest BCUT2D eigenvalue weighted by atomic mass is 16.6. The van der Waals surface area contributed by atoms with Gasteiger partial charge in [0.2, 0.25) is 0 Å². The van der Waals surface area contributed by atoms with Gasteiger partial charge < -0.3 is 20.1 Å². The van der Waals surface area contributed by atoms with E-state index in [1.807, 2.05) is 19.1 Å². The molecule has 3 unspecified atom stereocenters. The molecule has 6 nitrogen and oxygen atoms in total. The van der Waals surface area contributed by atoms with Crippen molar-refractivity contribution in [3.63, 3.8) is 0 Å². The normalized spacial score (nSPS) is 22.8. The van der Waals surface area contributed by atoms with Crippen LogP contribution < -0.4 is 10.6 Å². The Balaban J connectivity index is 1.68. The smallest absolute Gasteiger partial charge is 0.253 e. The third-order valence-electron chi connectivity index (χ3n) is 3.78. The van der Waals surface area contributed by atoms with Crippen molar-refractivity contribution in [2.45, 2.75) is 25.5 Å². The van der Waals surface area contributed by atoms with Gasteiger partial charge in [-0.05, 0) is 31.2 Å². The Morgan fingerprint density at radius 2 is 1.32 bits per heavy atom. The van der Waals surface area contributed by atoms with Crippen molar-refractivity contribution in [3.8, 4) is 0 Å². The molecule has 2 aromatic carbocycles. The molecule has 0 spiro atoms. The molecule has 1 heterocycles. The standard InChI is InChI=1S/C19H20N2O4/c1-13-12-24-18(20-16(22)14-8-4-2-5-9-14)19(25-13)21-17(23)15-10-6-3-7-11-15/h2-11,13,18-19H,12H2,1H3,(H,20,22)(H,21,23). The van der Waals surface area contributed by atoms with Crippen LogP contribution in [0.4, 0.5) is 0 Å². The zero-order valence-electron chi connectivity index (χ0n) is 13.8. The minimum absolute atomic E-state index is 0.189. The van der Waals surface area contributed by atoms with Crippen LogP contribution in [-0.4, -0.2) is 37.0 Å². The third kappa shape index (κ3) is 4.43. The Bertz CT molecular complexity index is 721. The third-order valence-corrected chi connectivity index (χ3v) is 3.78. The number of hydrogen-bond donors (Lipinski definition) is 2. The van der Waals surface area contributed by atoms with Crippen LogP contribution in [0.1, 0.15) is 27.6 Å². The van der Waals surface area contributed by atoms with Crippen molar-refractivity contribution < 1.29 is 19.1 Å². The van der Waals surface area contributed by atoms with E-state index < -0.39 is 12.5 Å². The lowest BCUT2D eigenvalue weighted by Crippen LogP contribution is -2.58. The Labute approximate surface area is 146 Å². The molecule has 25 heavy (non-hydrogen) atoms. The molecule has 2 amide bonds. The van der Waals surface area contributed by atoms with E-state index in [1.165, 1.54) is 0 Å². The lowest BCUT2D eigenvalue weighted by Gasteiger charge is -2.35. The largest absolute Gasteiger partial charge is 0.351 e. The first-order valence-corrected chi connectivity index (χ1v) is 8.12. The van der Waals surface area contributed by atoms with Crippen LogP contribution in [0.25, 0.3) is 0 Å². The molecule has 0 aliphatic carbocycles. The van der Waals surface area contributed by atoms with Gasteiger partial charge in [0, 0.05) is 11.1 Å². The van der Waals surface area contributed by atoms with E-state index in [0.29, 0.717) is 17.7 Å². The molecular formula is C19H20N2O4. The van der Waals surface area contributed by atoms with Crippen molar-refractivity contribution in [1.29, 1.82) is 0 Å². The van der Waals surface area contributed by atoms with Gasteiger partial charge in [-0.2, -0.15) is 0 Å². The Morgan fingerprint density at radius 1 is 0.840 bits per heavy atom. The number of nitrogens with one attached hydrogen (secondary N) is 2. The quantitative estimate of drug-likeness (QED) is 0.892. The van der Waals surface area contributed by atoms with E-state index in [9.17, 15) is 9.59 Å². The fraction of sp³-hybridized carbons (Fsp3) is 0.263. The summed E-state index contributed by atoms with van der Waals surface area (Å²) in [6.07, 6.45) is -1.73. The summed E-state index contributed by atoms with van der Waals surface area (Å²) < 4.78 is 11.4. The average Bonchev–Trinajstić information content (AvgIpc) is 2.65. The van der Waals surface area contributed by atoms with Crippen LogP contribution in [0.5, 0.6) is 0 Å². The summed E-state index contributed by atoms with van der Waals surface area (Å²) in [6, 6.07) is 17.6. The maximum Gasteiger partial charge on any atom is 0.253 e.